The molecule has 0 aromatic rings. The summed E-state index contributed by atoms with van der Waals surface area (Å²) in [5.74, 6) is -0.767. The number of aliphatic hydroxyl groups is 4. The molecule has 0 bridgehead atoms. The molecule has 2 unspecified atom stereocenters. The van der Waals surface area contributed by atoms with E-state index in [4.69, 9.17) is 20.3 Å². The number of carbonyl (C=O) groups excluding carboxylic acids is 1. The van der Waals surface area contributed by atoms with E-state index in [1.54, 1.807) is 0 Å². The Balaban J connectivity index is 2.60. The van der Waals surface area contributed by atoms with Crippen LogP contribution in [0.2, 0.25) is 0 Å². The second kappa shape index (κ2) is 5.53. The third-order valence-corrected chi connectivity index (χ3v) is 2.24. The van der Waals surface area contributed by atoms with Crippen LogP contribution in [0.25, 0.3) is 0 Å². The lowest BCUT2D eigenvalue weighted by Crippen LogP contribution is -2.59. The van der Waals surface area contributed by atoms with Crippen molar-refractivity contribution >= 4 is 5.91 Å². The Labute approximate surface area is 91.2 Å². The fourth-order valence-electron chi connectivity index (χ4n) is 1.37. The Morgan fingerprint density at radius 3 is 2.38 bits per heavy atom. The van der Waals surface area contributed by atoms with Crippen LogP contribution in [0.1, 0.15) is 0 Å². The van der Waals surface area contributed by atoms with Crippen LogP contribution in [-0.2, 0) is 14.3 Å². The molecule has 94 valence electrons. The Morgan fingerprint density at radius 1 is 1.25 bits per heavy atom. The van der Waals surface area contributed by atoms with Crippen molar-refractivity contribution in [3.63, 3.8) is 0 Å². The van der Waals surface area contributed by atoms with E-state index in [0.29, 0.717) is 0 Å². The van der Waals surface area contributed by atoms with E-state index in [2.05, 4.69) is 0 Å². The highest BCUT2D eigenvalue weighted by Gasteiger charge is 2.44. The zero-order valence-electron chi connectivity index (χ0n) is 8.39. The van der Waals surface area contributed by atoms with Gasteiger partial charge in [-0.05, 0) is 0 Å². The molecule has 0 aliphatic carbocycles. The molecule has 0 radical (unpaired) electrons. The van der Waals surface area contributed by atoms with Gasteiger partial charge in [0.2, 0.25) is 5.91 Å². The number of hydrogen-bond acceptors (Lipinski definition) is 7. The quantitative estimate of drug-likeness (QED) is 0.338. The van der Waals surface area contributed by atoms with Crippen LogP contribution in [-0.4, -0.2) is 70.3 Å². The number of aliphatic hydroxyl groups excluding tert-OH is 4. The van der Waals surface area contributed by atoms with Gasteiger partial charge in [0, 0.05) is 0 Å². The van der Waals surface area contributed by atoms with Crippen LogP contribution in [0.4, 0.5) is 0 Å². The summed E-state index contributed by atoms with van der Waals surface area (Å²) >= 11 is 0. The normalized spacial score (nSPS) is 39.6. The highest BCUT2D eigenvalue weighted by molar-refractivity contribution is 5.74. The van der Waals surface area contributed by atoms with Gasteiger partial charge in [0.05, 0.1) is 6.61 Å². The molecule has 0 aromatic heterocycles. The summed E-state index contributed by atoms with van der Waals surface area (Å²) in [4.78, 5) is 10.4. The van der Waals surface area contributed by atoms with Gasteiger partial charge in [0.25, 0.3) is 0 Å². The van der Waals surface area contributed by atoms with Crippen LogP contribution < -0.4 is 5.73 Å². The molecule has 1 fully saturated rings. The second-order valence-corrected chi connectivity index (χ2v) is 3.47. The maximum absolute atomic E-state index is 10.4. The van der Waals surface area contributed by atoms with Crippen molar-refractivity contribution in [3.05, 3.63) is 0 Å². The van der Waals surface area contributed by atoms with Gasteiger partial charge in [0.15, 0.2) is 6.29 Å². The molecular weight excluding hydrogens is 222 g/mol. The van der Waals surface area contributed by atoms with E-state index in [1.807, 2.05) is 0 Å². The first-order chi connectivity index (χ1) is 7.47. The predicted octanol–water partition coefficient (Wildman–Crippen LogP) is -3.71. The minimum Gasteiger partial charge on any atom is -0.394 e. The van der Waals surface area contributed by atoms with Crippen molar-refractivity contribution in [2.45, 2.75) is 30.7 Å². The number of amides is 1. The van der Waals surface area contributed by atoms with E-state index < -0.39 is 49.8 Å². The molecule has 1 aliphatic rings. The molecule has 16 heavy (non-hydrogen) atoms. The Kier molecular flexibility index (Phi) is 4.59. The number of primary amides is 1. The van der Waals surface area contributed by atoms with Crippen LogP contribution in [0.3, 0.4) is 0 Å². The largest absolute Gasteiger partial charge is 0.394 e. The topological polar surface area (TPSA) is 142 Å². The average Bonchev–Trinajstić information content (AvgIpc) is 2.25. The van der Waals surface area contributed by atoms with Crippen molar-refractivity contribution in [2.24, 2.45) is 5.73 Å². The number of hydrogen-bond donors (Lipinski definition) is 5. The van der Waals surface area contributed by atoms with E-state index in [0.717, 1.165) is 0 Å². The first-order valence-electron chi connectivity index (χ1n) is 4.67. The van der Waals surface area contributed by atoms with Crippen LogP contribution in [0, 0.1) is 0 Å². The van der Waals surface area contributed by atoms with Gasteiger partial charge in [-0.3, -0.25) is 4.79 Å². The first-order valence-corrected chi connectivity index (χ1v) is 4.67. The van der Waals surface area contributed by atoms with Crippen molar-refractivity contribution < 1.29 is 34.7 Å². The van der Waals surface area contributed by atoms with Crippen LogP contribution in [0.5, 0.6) is 0 Å². The van der Waals surface area contributed by atoms with Gasteiger partial charge in [-0.25, -0.2) is 0 Å². The summed E-state index contributed by atoms with van der Waals surface area (Å²) in [5, 5.41) is 37.0. The molecule has 8 heteroatoms. The molecule has 0 spiro atoms. The molecule has 5 atom stereocenters. The van der Waals surface area contributed by atoms with Crippen molar-refractivity contribution in [1.82, 2.24) is 0 Å². The van der Waals surface area contributed by atoms with E-state index in [-0.39, 0.29) is 0 Å². The summed E-state index contributed by atoms with van der Waals surface area (Å²) in [6.45, 7) is -1.05. The maximum Gasteiger partial charge on any atom is 0.243 e. The molecule has 1 amide bonds. The molecule has 0 aromatic carbocycles. The summed E-state index contributed by atoms with van der Waals surface area (Å²) in [6.07, 6.45) is -6.87. The van der Waals surface area contributed by atoms with E-state index >= 15 is 0 Å². The molecular formula is C8H15NO7. The van der Waals surface area contributed by atoms with Gasteiger partial charge < -0.3 is 35.6 Å². The highest BCUT2D eigenvalue weighted by Crippen LogP contribution is 2.21. The Morgan fingerprint density at radius 2 is 1.88 bits per heavy atom. The maximum atomic E-state index is 10.4. The second-order valence-electron chi connectivity index (χ2n) is 3.47. The van der Waals surface area contributed by atoms with Gasteiger partial charge in [-0.15, -0.1) is 0 Å². The zero-order valence-corrected chi connectivity index (χ0v) is 8.39. The lowest BCUT2D eigenvalue weighted by molar-refractivity contribution is -0.299. The molecule has 1 saturated heterocycles. The van der Waals surface area contributed by atoms with Gasteiger partial charge in [0.1, 0.15) is 31.0 Å². The fraction of sp³-hybridized carbons (Fsp3) is 0.875. The lowest BCUT2D eigenvalue weighted by Gasteiger charge is -2.39. The summed E-state index contributed by atoms with van der Waals surface area (Å²) in [5.41, 5.74) is 4.82. The van der Waals surface area contributed by atoms with Crippen LogP contribution >= 0.6 is 0 Å². The first kappa shape index (κ1) is 13.3. The average molecular weight is 237 g/mol. The number of rotatable bonds is 4. The molecule has 1 aliphatic heterocycles. The minimum absolute atomic E-state index is 0.497. The summed E-state index contributed by atoms with van der Waals surface area (Å²) < 4.78 is 9.72. The van der Waals surface area contributed by atoms with Crippen molar-refractivity contribution in [3.8, 4) is 0 Å². The number of ether oxygens (including phenoxy) is 2. The third kappa shape index (κ3) is 2.88. The summed E-state index contributed by atoms with van der Waals surface area (Å²) in [7, 11) is 0. The molecule has 6 N–H and O–H groups in total. The number of nitrogens with two attached hydrogens (primary N) is 1. The van der Waals surface area contributed by atoms with E-state index in [1.165, 1.54) is 0 Å². The Hall–Kier alpha value is -0.770. The fourth-order valence-corrected chi connectivity index (χ4v) is 1.37. The van der Waals surface area contributed by atoms with E-state index in [9.17, 15) is 20.1 Å². The molecule has 8 nitrogen and oxygen atoms in total. The monoisotopic (exact) mass is 237 g/mol. The number of carbonyl (C=O) groups is 1. The van der Waals surface area contributed by atoms with Gasteiger partial charge >= 0.3 is 0 Å². The smallest absolute Gasteiger partial charge is 0.243 e. The standard InChI is InChI=1S/C8H15NO7/c9-4(11)2-15-8-7(14)6(13)5(12)3(1-10)16-8/h3,5-8,10,12-14H,1-2H2,(H2,9,11)/t3?,5-,6+,7?,8-/m1/s1. The van der Waals surface area contributed by atoms with Gasteiger partial charge in [-0.1, -0.05) is 0 Å². The Bertz CT molecular complexity index is 247. The van der Waals surface area contributed by atoms with Crippen molar-refractivity contribution in [2.75, 3.05) is 13.2 Å². The van der Waals surface area contributed by atoms with Gasteiger partial charge in [-0.2, -0.15) is 0 Å². The SMILES string of the molecule is NC(=O)CO[C@@H]1OC(CO)[C@@H](O)[C@H](O)C1O. The third-order valence-electron chi connectivity index (χ3n) is 2.24. The lowest BCUT2D eigenvalue weighted by atomic mass is 9.99. The molecule has 0 saturated carbocycles. The predicted molar refractivity (Wildman–Crippen MR) is 48.9 cm³/mol. The highest BCUT2D eigenvalue weighted by atomic mass is 16.7. The van der Waals surface area contributed by atoms with Crippen LogP contribution in [0.15, 0.2) is 0 Å². The summed E-state index contributed by atoms with van der Waals surface area (Å²) in [6, 6.07) is 0. The minimum atomic E-state index is -1.52. The molecule has 1 rings (SSSR count). The molecule has 1 heterocycles. The zero-order chi connectivity index (χ0) is 12.3. The van der Waals surface area contributed by atoms with Crippen molar-refractivity contribution in [1.29, 1.82) is 0 Å².